The van der Waals surface area contributed by atoms with Crippen molar-refractivity contribution < 1.29 is 19.0 Å². The van der Waals surface area contributed by atoms with Crippen molar-refractivity contribution in [2.75, 3.05) is 0 Å². The summed E-state index contributed by atoms with van der Waals surface area (Å²) < 4.78 is 18.9. The molecule has 2 aromatic carbocycles. The summed E-state index contributed by atoms with van der Waals surface area (Å²) in [6.45, 7) is 4.22. The van der Waals surface area contributed by atoms with Crippen LogP contribution >= 0.6 is 0 Å². The number of rotatable bonds is 5. The Morgan fingerprint density at radius 1 is 1.09 bits per heavy atom. The Kier molecular flexibility index (Phi) is 6.47. The first kappa shape index (κ1) is 21.9. The molecule has 0 saturated carbocycles. The van der Waals surface area contributed by atoms with Crippen LogP contribution in [0.5, 0.6) is 0 Å². The number of aliphatic hydroxyl groups excluding tert-OH is 1. The maximum atomic E-state index is 13.5. The molecule has 1 aromatic heterocycles. The van der Waals surface area contributed by atoms with Gasteiger partial charge in [0.2, 0.25) is 0 Å². The molecule has 0 bridgehead atoms. The molecule has 2 atom stereocenters. The summed E-state index contributed by atoms with van der Waals surface area (Å²) in [7, 11) is 0. The molecule has 32 heavy (non-hydrogen) atoms. The Balaban J connectivity index is 1.84. The lowest BCUT2D eigenvalue weighted by molar-refractivity contribution is -0.156. The van der Waals surface area contributed by atoms with Gasteiger partial charge in [-0.05, 0) is 47.9 Å². The quantitative estimate of drug-likeness (QED) is 0.522. The number of cyclic esters (lactones) is 1. The molecular formula is C27H26FNO3. The zero-order valence-corrected chi connectivity index (χ0v) is 18.2. The maximum Gasteiger partial charge on any atom is 0.309 e. The Bertz CT molecular complexity index is 1120. The van der Waals surface area contributed by atoms with Crippen LogP contribution in [0.4, 0.5) is 4.39 Å². The summed E-state index contributed by atoms with van der Waals surface area (Å²) in [4.78, 5) is 16.7. The van der Waals surface area contributed by atoms with Gasteiger partial charge in [0.25, 0.3) is 0 Å². The number of halogens is 1. The Labute approximate surface area is 187 Å². The van der Waals surface area contributed by atoms with Crippen molar-refractivity contribution in [1.82, 2.24) is 4.98 Å². The third-order valence-corrected chi connectivity index (χ3v) is 5.57. The second-order valence-corrected chi connectivity index (χ2v) is 8.37. The van der Waals surface area contributed by atoms with E-state index in [2.05, 4.69) is 13.8 Å². The highest BCUT2D eigenvalue weighted by atomic mass is 19.1. The van der Waals surface area contributed by atoms with Gasteiger partial charge in [0, 0.05) is 23.1 Å². The Morgan fingerprint density at radius 2 is 1.81 bits per heavy atom. The first-order valence-corrected chi connectivity index (χ1v) is 10.8. The summed E-state index contributed by atoms with van der Waals surface area (Å²) in [5.74, 6) is -0.487. The normalized spacial score (nSPS) is 18.8. The first-order chi connectivity index (χ1) is 15.4. The highest BCUT2D eigenvalue weighted by Crippen LogP contribution is 2.34. The topological polar surface area (TPSA) is 59.4 Å². The molecule has 2 heterocycles. The van der Waals surface area contributed by atoms with Crippen molar-refractivity contribution in [2.24, 2.45) is 0 Å². The lowest BCUT2D eigenvalue weighted by Crippen LogP contribution is -2.31. The van der Waals surface area contributed by atoms with Crippen molar-refractivity contribution in [3.63, 3.8) is 0 Å². The lowest BCUT2D eigenvalue weighted by Gasteiger charge is -2.24. The number of hydrogen-bond acceptors (Lipinski definition) is 4. The molecule has 5 heteroatoms. The van der Waals surface area contributed by atoms with Gasteiger partial charge in [0.05, 0.1) is 23.9 Å². The van der Waals surface area contributed by atoms with Crippen LogP contribution in [0.25, 0.3) is 28.6 Å². The van der Waals surface area contributed by atoms with E-state index in [1.807, 2.05) is 48.6 Å². The summed E-state index contributed by atoms with van der Waals surface area (Å²) >= 11 is 0. The molecule has 1 aliphatic heterocycles. The van der Waals surface area contributed by atoms with Gasteiger partial charge in [-0.2, -0.15) is 0 Å². The van der Waals surface area contributed by atoms with E-state index in [0.29, 0.717) is 6.42 Å². The van der Waals surface area contributed by atoms with E-state index in [0.717, 1.165) is 33.6 Å². The van der Waals surface area contributed by atoms with Crippen LogP contribution < -0.4 is 0 Å². The highest BCUT2D eigenvalue weighted by molar-refractivity contribution is 5.78. The molecule has 164 valence electrons. The van der Waals surface area contributed by atoms with Gasteiger partial charge >= 0.3 is 5.97 Å². The number of carbonyl (C=O) groups excluding carboxylic acids is 1. The minimum atomic E-state index is -0.692. The van der Waals surface area contributed by atoms with E-state index in [1.165, 1.54) is 12.1 Å². The summed E-state index contributed by atoms with van der Waals surface area (Å²) in [5.41, 5.74) is 5.38. The second-order valence-electron chi connectivity index (χ2n) is 8.37. The Hall–Kier alpha value is -3.31. The van der Waals surface area contributed by atoms with E-state index in [4.69, 9.17) is 9.72 Å². The number of benzene rings is 2. The predicted molar refractivity (Wildman–Crippen MR) is 123 cm³/mol. The van der Waals surface area contributed by atoms with Crippen molar-refractivity contribution in [2.45, 2.75) is 44.8 Å². The molecule has 1 saturated heterocycles. The second kappa shape index (κ2) is 9.45. The summed E-state index contributed by atoms with van der Waals surface area (Å²) in [6, 6.07) is 18.2. The van der Waals surface area contributed by atoms with E-state index in [9.17, 15) is 14.3 Å². The number of hydrogen-bond donors (Lipinski definition) is 1. The van der Waals surface area contributed by atoms with Crippen LogP contribution in [-0.2, 0) is 9.53 Å². The average molecular weight is 432 g/mol. The van der Waals surface area contributed by atoms with Crippen LogP contribution in [0.15, 0.2) is 66.7 Å². The van der Waals surface area contributed by atoms with E-state index in [-0.39, 0.29) is 18.2 Å². The average Bonchev–Trinajstić information content (AvgIpc) is 2.77. The zero-order chi connectivity index (χ0) is 22.7. The monoisotopic (exact) mass is 431 g/mol. The van der Waals surface area contributed by atoms with Crippen molar-refractivity contribution in [1.29, 1.82) is 0 Å². The van der Waals surface area contributed by atoms with Gasteiger partial charge in [0.1, 0.15) is 11.9 Å². The summed E-state index contributed by atoms with van der Waals surface area (Å²) in [6.07, 6.45) is 3.00. The highest BCUT2D eigenvalue weighted by Gasteiger charge is 2.25. The number of aromatic nitrogens is 1. The predicted octanol–water partition coefficient (Wildman–Crippen LogP) is 5.76. The number of aliphatic hydroxyl groups is 1. The molecule has 0 aliphatic carbocycles. The zero-order valence-electron chi connectivity index (χ0n) is 18.2. The van der Waals surface area contributed by atoms with Crippen LogP contribution in [0.2, 0.25) is 0 Å². The van der Waals surface area contributed by atoms with E-state index < -0.39 is 18.2 Å². The van der Waals surface area contributed by atoms with Crippen LogP contribution in [0.1, 0.15) is 43.7 Å². The van der Waals surface area contributed by atoms with Crippen LogP contribution in [0, 0.1) is 5.82 Å². The summed E-state index contributed by atoms with van der Waals surface area (Å²) in [5, 5.41) is 9.93. The number of ether oxygens (including phenoxy) is 1. The third-order valence-electron chi connectivity index (χ3n) is 5.57. The van der Waals surface area contributed by atoms with Crippen molar-refractivity contribution >= 4 is 12.0 Å². The Morgan fingerprint density at radius 3 is 2.47 bits per heavy atom. The van der Waals surface area contributed by atoms with Gasteiger partial charge in [-0.3, -0.25) is 4.79 Å². The van der Waals surface area contributed by atoms with Gasteiger partial charge in [0.15, 0.2) is 0 Å². The van der Waals surface area contributed by atoms with E-state index in [1.54, 1.807) is 12.1 Å². The molecule has 1 N–H and O–H groups in total. The molecule has 0 unspecified atom stereocenters. The van der Waals surface area contributed by atoms with Gasteiger partial charge in [-0.15, -0.1) is 0 Å². The molecule has 1 aliphatic rings. The fourth-order valence-electron chi connectivity index (χ4n) is 3.94. The number of carbonyl (C=O) groups is 1. The third kappa shape index (κ3) is 4.94. The molecule has 4 rings (SSSR count). The minimum Gasteiger partial charge on any atom is -0.458 e. The van der Waals surface area contributed by atoms with E-state index >= 15 is 0 Å². The van der Waals surface area contributed by atoms with Gasteiger partial charge < -0.3 is 9.84 Å². The molecule has 0 radical (unpaired) electrons. The number of pyridine rings is 1. The molecule has 0 amide bonds. The largest absolute Gasteiger partial charge is 0.458 e. The standard InChI is InChI=1S/C27H26FNO3/c1-17(2)24-16-25(18-8-10-20(28)11-9-18)29-27(19-6-4-3-5-7-19)23(24)13-12-22-14-21(30)15-26(31)32-22/h3-13,16-17,21-22,30H,14-15H2,1-2H3/t21-,22-/m1/s1. The molecule has 0 spiro atoms. The lowest BCUT2D eigenvalue weighted by atomic mass is 9.91. The molecule has 4 nitrogen and oxygen atoms in total. The van der Waals surface area contributed by atoms with Crippen molar-refractivity contribution in [3.05, 3.63) is 83.7 Å². The smallest absolute Gasteiger partial charge is 0.309 e. The minimum absolute atomic E-state index is 0.0325. The van der Waals surface area contributed by atoms with Gasteiger partial charge in [-0.25, -0.2) is 9.37 Å². The van der Waals surface area contributed by atoms with Crippen LogP contribution in [-0.4, -0.2) is 28.3 Å². The fourth-order valence-corrected chi connectivity index (χ4v) is 3.94. The fraction of sp³-hybridized carbons (Fsp3) is 0.259. The number of esters is 1. The SMILES string of the molecule is CC(C)c1cc(-c2ccc(F)cc2)nc(-c2ccccc2)c1C=C[C@@H]1C[C@@H](O)CC(=O)O1. The molecule has 3 aromatic rings. The number of nitrogens with zero attached hydrogens (tertiary/aromatic N) is 1. The van der Waals surface area contributed by atoms with Crippen LogP contribution in [0.3, 0.4) is 0 Å². The van der Waals surface area contributed by atoms with Gasteiger partial charge in [-0.1, -0.05) is 50.3 Å². The first-order valence-electron chi connectivity index (χ1n) is 10.8. The maximum absolute atomic E-state index is 13.5. The van der Waals surface area contributed by atoms with Crippen molar-refractivity contribution in [3.8, 4) is 22.5 Å². The molecule has 1 fully saturated rings. The molecular weight excluding hydrogens is 405 g/mol.